The van der Waals surface area contributed by atoms with E-state index in [2.05, 4.69) is 15.3 Å². The second kappa shape index (κ2) is 6.85. The van der Waals surface area contributed by atoms with Gasteiger partial charge in [0.25, 0.3) is 0 Å². The van der Waals surface area contributed by atoms with Crippen LogP contribution in [0.15, 0.2) is 12.4 Å². The normalized spacial score (nSPS) is 23.4. The lowest BCUT2D eigenvalue weighted by molar-refractivity contribution is 0.0686. The van der Waals surface area contributed by atoms with Gasteiger partial charge in [0.1, 0.15) is 6.10 Å². The first-order chi connectivity index (χ1) is 9.58. The Labute approximate surface area is 122 Å². The first kappa shape index (κ1) is 15.0. The van der Waals surface area contributed by atoms with E-state index < -0.39 is 6.09 Å². The molecule has 1 saturated heterocycles. The van der Waals surface area contributed by atoms with Crippen molar-refractivity contribution in [1.29, 1.82) is 0 Å². The molecule has 1 amide bonds. The van der Waals surface area contributed by atoms with Gasteiger partial charge in [0, 0.05) is 30.4 Å². The predicted octanol–water partition coefficient (Wildman–Crippen LogP) is 2.48. The molecule has 0 bridgehead atoms. The molecule has 0 aliphatic carbocycles. The molecule has 0 spiro atoms. The van der Waals surface area contributed by atoms with E-state index in [1.54, 1.807) is 12.4 Å². The molecule has 0 aromatic carbocycles. The van der Waals surface area contributed by atoms with E-state index in [1.165, 1.54) is 0 Å². The van der Waals surface area contributed by atoms with E-state index in [9.17, 15) is 4.79 Å². The van der Waals surface area contributed by atoms with Gasteiger partial charge in [-0.15, -0.1) is 0 Å². The maximum Gasteiger partial charge on any atom is 0.407 e. The minimum Gasteiger partial charge on any atom is -0.444 e. The van der Waals surface area contributed by atoms with Gasteiger partial charge in [0.05, 0.1) is 12.7 Å². The van der Waals surface area contributed by atoms with Gasteiger partial charge < -0.3 is 14.8 Å². The molecular weight excluding hydrogens is 282 g/mol. The van der Waals surface area contributed by atoms with Gasteiger partial charge >= 0.3 is 6.09 Å². The van der Waals surface area contributed by atoms with Crippen LogP contribution in [0, 0.1) is 0 Å². The number of halogens is 1. The molecule has 0 unspecified atom stereocenters. The van der Waals surface area contributed by atoms with E-state index in [1.807, 2.05) is 13.8 Å². The fourth-order valence-electron chi connectivity index (χ4n) is 1.89. The Morgan fingerprint density at radius 2 is 2.30 bits per heavy atom. The van der Waals surface area contributed by atoms with Crippen molar-refractivity contribution in [3.63, 3.8) is 0 Å². The van der Waals surface area contributed by atoms with Gasteiger partial charge in [-0.3, -0.25) is 0 Å². The van der Waals surface area contributed by atoms with Crippen LogP contribution < -0.4 is 5.32 Å². The number of ether oxygens (including phenoxy) is 2. The molecule has 1 aromatic rings. The number of carbonyl (C=O) groups is 1. The van der Waals surface area contributed by atoms with E-state index >= 15 is 0 Å². The second-order valence-corrected chi connectivity index (χ2v) is 5.16. The number of amides is 1. The molecule has 3 atom stereocenters. The summed E-state index contributed by atoms with van der Waals surface area (Å²) in [5, 5.41) is 2.96. The molecule has 110 valence electrons. The Morgan fingerprint density at radius 1 is 1.60 bits per heavy atom. The second-order valence-electron chi connectivity index (χ2n) is 4.82. The quantitative estimate of drug-likeness (QED) is 0.865. The molecule has 6 nitrogen and oxygen atoms in total. The standard InChI is InChI=1S/C13H18ClN3O3/c1-3-8(2)17-13(18)20-10-4-11(19-7-10)9-5-15-12(14)16-6-9/h5-6,8,10-11H,3-4,7H2,1-2H3,(H,17,18)/t8-,10+,11+/m0/s1. The van der Waals surface area contributed by atoms with Crippen LogP contribution in [0.3, 0.4) is 0 Å². The van der Waals surface area contributed by atoms with Crippen molar-refractivity contribution in [3.8, 4) is 0 Å². The molecule has 0 radical (unpaired) electrons. The molecule has 1 aliphatic rings. The highest BCUT2D eigenvalue weighted by Gasteiger charge is 2.30. The topological polar surface area (TPSA) is 73.3 Å². The summed E-state index contributed by atoms with van der Waals surface area (Å²) < 4.78 is 10.9. The van der Waals surface area contributed by atoms with Crippen molar-refractivity contribution in [2.45, 2.75) is 44.9 Å². The van der Waals surface area contributed by atoms with Crippen LogP contribution in [-0.4, -0.2) is 34.8 Å². The summed E-state index contributed by atoms with van der Waals surface area (Å²) in [4.78, 5) is 19.5. The molecule has 1 aromatic heterocycles. The highest BCUT2D eigenvalue weighted by molar-refractivity contribution is 6.28. The predicted molar refractivity (Wildman–Crippen MR) is 73.5 cm³/mol. The van der Waals surface area contributed by atoms with Crippen molar-refractivity contribution in [1.82, 2.24) is 15.3 Å². The number of hydrogen-bond acceptors (Lipinski definition) is 5. The van der Waals surface area contributed by atoms with Crippen molar-refractivity contribution in [3.05, 3.63) is 23.2 Å². The summed E-state index contributed by atoms with van der Waals surface area (Å²) in [6.45, 7) is 4.31. The number of aromatic nitrogens is 2. The Balaban J connectivity index is 1.83. The molecular formula is C13H18ClN3O3. The lowest BCUT2D eigenvalue weighted by Gasteiger charge is -2.15. The molecule has 20 heavy (non-hydrogen) atoms. The van der Waals surface area contributed by atoms with Crippen LogP contribution in [0.4, 0.5) is 4.79 Å². The monoisotopic (exact) mass is 299 g/mol. The third kappa shape index (κ3) is 4.05. The number of carbonyl (C=O) groups excluding carboxylic acids is 1. The van der Waals surface area contributed by atoms with Gasteiger partial charge in [-0.2, -0.15) is 0 Å². The number of rotatable bonds is 4. The van der Waals surface area contributed by atoms with Gasteiger partial charge in [-0.05, 0) is 24.9 Å². The van der Waals surface area contributed by atoms with Crippen LogP contribution in [-0.2, 0) is 9.47 Å². The van der Waals surface area contributed by atoms with Gasteiger partial charge in [-0.25, -0.2) is 14.8 Å². The van der Waals surface area contributed by atoms with E-state index in [0.29, 0.717) is 13.0 Å². The minimum absolute atomic E-state index is 0.102. The van der Waals surface area contributed by atoms with Crippen LogP contribution in [0.5, 0.6) is 0 Å². The third-order valence-corrected chi connectivity index (χ3v) is 3.42. The van der Waals surface area contributed by atoms with Gasteiger partial charge in [0.2, 0.25) is 5.28 Å². The summed E-state index contributed by atoms with van der Waals surface area (Å²) in [5.74, 6) is 0. The molecule has 2 rings (SSSR count). The summed E-state index contributed by atoms with van der Waals surface area (Å²) in [6, 6.07) is 0.102. The first-order valence-corrected chi connectivity index (χ1v) is 7.02. The minimum atomic E-state index is -0.402. The lowest BCUT2D eigenvalue weighted by atomic mass is 10.1. The van der Waals surface area contributed by atoms with Gasteiger partial charge in [0.15, 0.2) is 0 Å². The van der Waals surface area contributed by atoms with Crippen LogP contribution in [0.1, 0.15) is 38.4 Å². The van der Waals surface area contributed by atoms with Crippen LogP contribution in [0.2, 0.25) is 5.28 Å². The van der Waals surface area contributed by atoms with Crippen molar-refractivity contribution < 1.29 is 14.3 Å². The Bertz CT molecular complexity index is 455. The highest BCUT2D eigenvalue weighted by atomic mass is 35.5. The Morgan fingerprint density at radius 3 is 2.95 bits per heavy atom. The van der Waals surface area contributed by atoms with E-state index in [-0.39, 0.29) is 23.5 Å². The van der Waals surface area contributed by atoms with Crippen LogP contribution >= 0.6 is 11.6 Å². The van der Waals surface area contributed by atoms with Gasteiger partial charge in [-0.1, -0.05) is 6.92 Å². The summed E-state index contributed by atoms with van der Waals surface area (Å²) in [5.41, 5.74) is 0.836. The average molecular weight is 300 g/mol. The van der Waals surface area contributed by atoms with Crippen molar-refractivity contribution in [2.24, 2.45) is 0 Å². The summed E-state index contributed by atoms with van der Waals surface area (Å²) >= 11 is 5.64. The molecule has 2 heterocycles. The number of nitrogens with one attached hydrogen (secondary N) is 1. The molecule has 7 heteroatoms. The maximum atomic E-state index is 11.6. The van der Waals surface area contributed by atoms with E-state index in [4.69, 9.17) is 21.1 Å². The zero-order valence-corrected chi connectivity index (χ0v) is 12.3. The summed E-state index contributed by atoms with van der Waals surface area (Å²) in [7, 11) is 0. The lowest BCUT2D eigenvalue weighted by Crippen LogP contribution is -2.35. The molecule has 0 saturated carbocycles. The smallest absolute Gasteiger partial charge is 0.407 e. The fraction of sp³-hybridized carbons (Fsp3) is 0.615. The molecule has 1 N–H and O–H groups in total. The number of hydrogen-bond donors (Lipinski definition) is 1. The Kier molecular flexibility index (Phi) is 5.14. The average Bonchev–Trinajstić information content (AvgIpc) is 2.87. The Hall–Kier alpha value is -1.40. The van der Waals surface area contributed by atoms with Crippen molar-refractivity contribution >= 4 is 17.7 Å². The fourth-order valence-corrected chi connectivity index (χ4v) is 1.99. The zero-order valence-electron chi connectivity index (χ0n) is 11.5. The highest BCUT2D eigenvalue weighted by Crippen LogP contribution is 2.29. The first-order valence-electron chi connectivity index (χ1n) is 6.64. The largest absolute Gasteiger partial charge is 0.444 e. The summed E-state index contributed by atoms with van der Waals surface area (Å²) in [6.07, 6.45) is 3.90. The molecule has 1 fully saturated rings. The number of alkyl carbamates (subject to hydrolysis) is 1. The van der Waals surface area contributed by atoms with E-state index in [0.717, 1.165) is 12.0 Å². The number of nitrogens with zero attached hydrogens (tertiary/aromatic N) is 2. The third-order valence-electron chi connectivity index (χ3n) is 3.22. The van der Waals surface area contributed by atoms with Crippen LogP contribution in [0.25, 0.3) is 0 Å². The maximum absolute atomic E-state index is 11.6. The molecule has 1 aliphatic heterocycles. The van der Waals surface area contributed by atoms with Crippen molar-refractivity contribution in [2.75, 3.05) is 6.61 Å². The SMILES string of the molecule is CC[C@H](C)NC(=O)O[C@H]1CO[C@@H](c2cnc(Cl)nc2)C1. The zero-order chi connectivity index (χ0) is 14.5.